The summed E-state index contributed by atoms with van der Waals surface area (Å²) in [6.45, 7) is 5.30. The van der Waals surface area contributed by atoms with E-state index in [1.807, 2.05) is 19.1 Å². The van der Waals surface area contributed by atoms with E-state index in [9.17, 15) is 18.4 Å². The summed E-state index contributed by atoms with van der Waals surface area (Å²) in [5.74, 6) is -1.62. The lowest BCUT2D eigenvalue weighted by atomic mass is 10.0. The molecule has 1 aliphatic rings. The molecule has 7 heteroatoms. The smallest absolute Gasteiger partial charge is 0.270 e. The summed E-state index contributed by atoms with van der Waals surface area (Å²) in [4.78, 5) is 26.4. The van der Waals surface area contributed by atoms with Gasteiger partial charge in [-0.1, -0.05) is 6.07 Å². The molecule has 0 saturated heterocycles. The van der Waals surface area contributed by atoms with Crippen LogP contribution >= 0.6 is 0 Å². The Labute approximate surface area is 155 Å². The van der Waals surface area contributed by atoms with E-state index in [4.69, 9.17) is 4.74 Å². The number of benzene rings is 2. The Kier molecular flexibility index (Phi) is 4.87. The minimum absolute atomic E-state index is 0.0782. The summed E-state index contributed by atoms with van der Waals surface area (Å²) in [5, 5.41) is 2.34. The Morgan fingerprint density at radius 3 is 2.67 bits per heavy atom. The van der Waals surface area contributed by atoms with E-state index >= 15 is 0 Å². The molecular weight excluding hydrogens is 354 g/mol. The fraction of sp³-hybridized carbons (Fsp3) is 0.300. The van der Waals surface area contributed by atoms with Crippen molar-refractivity contribution in [3.8, 4) is 5.75 Å². The van der Waals surface area contributed by atoms with Crippen LogP contribution in [0.5, 0.6) is 5.75 Å². The van der Waals surface area contributed by atoms with Gasteiger partial charge in [0.1, 0.15) is 17.4 Å². The fourth-order valence-corrected chi connectivity index (χ4v) is 2.92. The maximum atomic E-state index is 13.7. The number of hydrogen-bond donors (Lipinski definition) is 1. The third-order valence-corrected chi connectivity index (χ3v) is 4.30. The predicted octanol–water partition coefficient (Wildman–Crippen LogP) is 3.81. The van der Waals surface area contributed by atoms with Crippen LogP contribution in [0.4, 0.5) is 20.2 Å². The highest BCUT2D eigenvalue weighted by Gasteiger charge is 2.40. The third kappa shape index (κ3) is 3.92. The van der Waals surface area contributed by atoms with Crippen LogP contribution in [0.2, 0.25) is 0 Å². The predicted molar refractivity (Wildman–Crippen MR) is 97.8 cm³/mol. The van der Waals surface area contributed by atoms with E-state index in [1.165, 1.54) is 4.90 Å². The Hall–Kier alpha value is -2.96. The third-order valence-electron chi connectivity index (χ3n) is 4.30. The summed E-state index contributed by atoms with van der Waals surface area (Å²) in [7, 11) is 0. The first kappa shape index (κ1) is 18.8. The first-order valence-corrected chi connectivity index (χ1v) is 8.54. The van der Waals surface area contributed by atoms with Gasteiger partial charge in [0, 0.05) is 19.0 Å². The van der Waals surface area contributed by atoms with E-state index in [-0.39, 0.29) is 24.6 Å². The van der Waals surface area contributed by atoms with Gasteiger partial charge in [-0.3, -0.25) is 9.59 Å². The van der Waals surface area contributed by atoms with Crippen LogP contribution < -0.4 is 15.0 Å². The summed E-state index contributed by atoms with van der Waals surface area (Å²) in [5.41, 5.74) is 0.239. The van der Waals surface area contributed by atoms with Crippen molar-refractivity contribution < 1.29 is 23.1 Å². The van der Waals surface area contributed by atoms with Crippen molar-refractivity contribution in [1.29, 1.82) is 0 Å². The molecule has 0 aliphatic carbocycles. The second-order valence-corrected chi connectivity index (χ2v) is 6.96. The standard InChI is InChI=1S/C20H20F2N2O3/c1-12-4-7-17-16(10-12)24(19(26)20(2,3)27-17)9-8-18(25)23-15-11-13(21)5-6-14(15)22/h4-7,10-11H,8-9H2,1-3H3,(H,23,25). The molecule has 0 bridgehead atoms. The minimum atomic E-state index is -1.06. The molecule has 0 spiro atoms. The van der Waals surface area contributed by atoms with Crippen molar-refractivity contribution in [2.75, 3.05) is 16.8 Å². The van der Waals surface area contributed by atoms with Gasteiger partial charge in [0.05, 0.1) is 11.4 Å². The molecule has 0 aromatic heterocycles. The van der Waals surface area contributed by atoms with Gasteiger partial charge in [-0.05, 0) is 50.6 Å². The van der Waals surface area contributed by atoms with Crippen LogP contribution in [0.3, 0.4) is 0 Å². The van der Waals surface area contributed by atoms with Crippen LogP contribution in [0, 0.1) is 18.6 Å². The minimum Gasteiger partial charge on any atom is -0.476 e. The van der Waals surface area contributed by atoms with Crippen LogP contribution in [-0.4, -0.2) is 24.0 Å². The van der Waals surface area contributed by atoms with Crippen LogP contribution in [0.15, 0.2) is 36.4 Å². The zero-order chi connectivity index (χ0) is 19.8. The van der Waals surface area contributed by atoms with Crippen molar-refractivity contribution in [2.24, 2.45) is 0 Å². The average molecular weight is 374 g/mol. The highest BCUT2D eigenvalue weighted by Crippen LogP contribution is 2.38. The molecule has 0 fully saturated rings. The zero-order valence-electron chi connectivity index (χ0n) is 15.3. The first-order valence-electron chi connectivity index (χ1n) is 8.54. The van der Waals surface area contributed by atoms with Crippen LogP contribution in [0.25, 0.3) is 0 Å². The van der Waals surface area contributed by atoms with Gasteiger partial charge >= 0.3 is 0 Å². The monoisotopic (exact) mass is 374 g/mol. The number of carbonyl (C=O) groups is 2. The molecule has 1 heterocycles. The van der Waals surface area contributed by atoms with Crippen molar-refractivity contribution >= 4 is 23.2 Å². The molecule has 142 valence electrons. The largest absolute Gasteiger partial charge is 0.476 e. The quantitative estimate of drug-likeness (QED) is 0.885. The molecule has 2 amide bonds. The molecule has 1 aliphatic heterocycles. The maximum Gasteiger partial charge on any atom is 0.270 e. The number of halogens is 2. The van der Waals surface area contributed by atoms with Crippen molar-refractivity contribution in [1.82, 2.24) is 0 Å². The molecular formula is C20H20F2N2O3. The van der Waals surface area contributed by atoms with E-state index < -0.39 is 23.1 Å². The number of amides is 2. The number of aryl methyl sites for hydroxylation is 1. The first-order chi connectivity index (χ1) is 12.7. The van der Waals surface area contributed by atoms with Crippen molar-refractivity contribution in [3.63, 3.8) is 0 Å². The number of nitrogens with one attached hydrogen (secondary N) is 1. The molecule has 0 saturated carbocycles. The maximum absolute atomic E-state index is 13.7. The van der Waals surface area contributed by atoms with Gasteiger partial charge in [0.25, 0.3) is 5.91 Å². The van der Waals surface area contributed by atoms with Gasteiger partial charge in [-0.15, -0.1) is 0 Å². The lowest BCUT2D eigenvalue weighted by Crippen LogP contribution is -2.53. The highest BCUT2D eigenvalue weighted by molar-refractivity contribution is 6.03. The van der Waals surface area contributed by atoms with Crippen molar-refractivity contribution in [3.05, 3.63) is 53.6 Å². The molecule has 2 aromatic rings. The Morgan fingerprint density at radius 1 is 1.19 bits per heavy atom. The summed E-state index contributed by atoms with van der Waals surface area (Å²) >= 11 is 0. The number of ether oxygens (including phenoxy) is 1. The number of carbonyl (C=O) groups excluding carboxylic acids is 2. The van der Waals surface area contributed by atoms with Gasteiger partial charge < -0.3 is 15.0 Å². The van der Waals surface area contributed by atoms with Crippen molar-refractivity contribution in [2.45, 2.75) is 32.8 Å². The second kappa shape index (κ2) is 6.98. The second-order valence-electron chi connectivity index (χ2n) is 6.96. The fourth-order valence-electron chi connectivity index (χ4n) is 2.92. The molecule has 3 rings (SSSR count). The van der Waals surface area contributed by atoms with Crippen LogP contribution in [-0.2, 0) is 9.59 Å². The van der Waals surface area contributed by atoms with E-state index in [2.05, 4.69) is 5.32 Å². The Bertz CT molecular complexity index is 912. The van der Waals surface area contributed by atoms with Gasteiger partial charge in [0.15, 0.2) is 5.60 Å². The number of fused-ring (bicyclic) bond motifs is 1. The molecule has 27 heavy (non-hydrogen) atoms. The molecule has 0 unspecified atom stereocenters. The lowest BCUT2D eigenvalue weighted by molar-refractivity contribution is -0.132. The van der Waals surface area contributed by atoms with E-state index in [0.29, 0.717) is 11.4 Å². The Balaban J connectivity index is 1.76. The van der Waals surface area contributed by atoms with Gasteiger partial charge in [0.2, 0.25) is 5.91 Å². The Morgan fingerprint density at radius 2 is 1.93 bits per heavy atom. The average Bonchev–Trinajstić information content (AvgIpc) is 2.59. The zero-order valence-corrected chi connectivity index (χ0v) is 15.3. The number of rotatable bonds is 4. The van der Waals surface area contributed by atoms with E-state index in [1.54, 1.807) is 19.9 Å². The topological polar surface area (TPSA) is 58.6 Å². The molecule has 0 radical (unpaired) electrons. The van der Waals surface area contributed by atoms with Gasteiger partial charge in [-0.2, -0.15) is 0 Å². The lowest BCUT2D eigenvalue weighted by Gasteiger charge is -2.38. The summed E-state index contributed by atoms with van der Waals surface area (Å²) in [6.07, 6.45) is -0.0782. The number of anilines is 2. The normalized spacial score (nSPS) is 15.1. The molecule has 0 atom stereocenters. The van der Waals surface area contributed by atoms with E-state index in [0.717, 1.165) is 23.8 Å². The SMILES string of the molecule is Cc1ccc2c(c1)N(CCC(=O)Nc1cc(F)ccc1F)C(=O)C(C)(C)O2. The number of nitrogens with zero attached hydrogens (tertiary/aromatic N) is 1. The molecule has 2 aromatic carbocycles. The highest BCUT2D eigenvalue weighted by atomic mass is 19.1. The van der Waals surface area contributed by atoms with Crippen LogP contribution in [0.1, 0.15) is 25.8 Å². The molecule has 1 N–H and O–H groups in total. The molecule has 5 nitrogen and oxygen atoms in total. The summed E-state index contributed by atoms with van der Waals surface area (Å²) in [6, 6.07) is 8.30. The number of hydrogen-bond acceptors (Lipinski definition) is 3. The van der Waals surface area contributed by atoms with Gasteiger partial charge in [-0.25, -0.2) is 8.78 Å². The summed E-state index contributed by atoms with van der Waals surface area (Å²) < 4.78 is 32.7.